The van der Waals surface area contributed by atoms with Crippen molar-refractivity contribution in [2.45, 2.75) is 30.9 Å². The van der Waals surface area contributed by atoms with Crippen molar-refractivity contribution in [3.8, 4) is 0 Å². The molecule has 2 rings (SSSR count). The minimum atomic E-state index is 0.778. The summed E-state index contributed by atoms with van der Waals surface area (Å²) in [7, 11) is 0. The lowest BCUT2D eigenvalue weighted by atomic mass is 9.83. The van der Waals surface area contributed by atoms with Crippen molar-refractivity contribution in [3.63, 3.8) is 0 Å². The van der Waals surface area contributed by atoms with E-state index in [1.807, 2.05) is 0 Å². The minimum Gasteiger partial charge on any atom is -0.245 e. The van der Waals surface area contributed by atoms with Crippen LogP contribution in [0.4, 0.5) is 0 Å². The predicted octanol–water partition coefficient (Wildman–Crippen LogP) is 2.84. The first-order chi connectivity index (χ1) is 5.40. The molecule has 0 bridgehead atoms. The average molecular weight is 185 g/mol. The Labute approximate surface area is 76.3 Å². The number of hydrogen-bond acceptors (Lipinski definition) is 3. The molecule has 0 spiro atoms. The number of thiol groups is 1. The van der Waals surface area contributed by atoms with Crippen LogP contribution < -0.4 is 0 Å². The monoisotopic (exact) mass is 185 g/mol. The van der Waals surface area contributed by atoms with Crippen LogP contribution in [0.15, 0.2) is 5.38 Å². The maximum absolute atomic E-state index is 4.49. The van der Waals surface area contributed by atoms with Crippen LogP contribution >= 0.6 is 24.0 Å². The lowest BCUT2D eigenvalue weighted by Crippen LogP contribution is -2.08. The summed E-state index contributed by atoms with van der Waals surface area (Å²) >= 11 is 5.93. The lowest BCUT2D eigenvalue weighted by molar-refractivity contribution is 0.412. The predicted molar refractivity (Wildman–Crippen MR) is 51.4 cm³/mol. The van der Waals surface area contributed by atoms with Gasteiger partial charge < -0.3 is 0 Å². The van der Waals surface area contributed by atoms with Gasteiger partial charge in [-0.05, 0) is 12.8 Å². The third-order valence-electron chi connectivity index (χ3n) is 2.23. The summed E-state index contributed by atoms with van der Waals surface area (Å²) in [5.41, 5.74) is 1.31. The largest absolute Gasteiger partial charge is 0.245 e. The van der Waals surface area contributed by atoms with E-state index in [-0.39, 0.29) is 0 Å². The van der Waals surface area contributed by atoms with Gasteiger partial charge in [0.15, 0.2) is 0 Å². The van der Waals surface area contributed by atoms with E-state index in [2.05, 4.69) is 23.0 Å². The number of thiazole rings is 1. The maximum Gasteiger partial charge on any atom is 0.102 e. The molecule has 60 valence electrons. The number of rotatable bonds is 2. The Morgan fingerprint density at radius 1 is 1.64 bits per heavy atom. The quantitative estimate of drug-likeness (QED) is 0.699. The first-order valence-electron chi connectivity index (χ1n) is 3.95. The molecule has 0 aliphatic heterocycles. The molecule has 1 fully saturated rings. The van der Waals surface area contributed by atoms with E-state index in [4.69, 9.17) is 0 Å². The lowest BCUT2D eigenvalue weighted by Gasteiger charge is -2.22. The van der Waals surface area contributed by atoms with Gasteiger partial charge in [0, 0.05) is 17.1 Å². The second kappa shape index (κ2) is 3.15. The topological polar surface area (TPSA) is 12.9 Å². The van der Waals surface area contributed by atoms with Gasteiger partial charge in [0.1, 0.15) is 5.01 Å². The summed E-state index contributed by atoms with van der Waals surface area (Å²) in [4.78, 5) is 4.49. The van der Waals surface area contributed by atoms with Crippen LogP contribution in [-0.2, 0) is 5.75 Å². The zero-order valence-electron chi connectivity index (χ0n) is 6.29. The van der Waals surface area contributed by atoms with Crippen LogP contribution in [0.3, 0.4) is 0 Å². The zero-order chi connectivity index (χ0) is 7.68. The number of hydrogen-bond donors (Lipinski definition) is 1. The fraction of sp³-hybridized carbons (Fsp3) is 0.625. The third kappa shape index (κ3) is 1.44. The van der Waals surface area contributed by atoms with Crippen molar-refractivity contribution in [1.82, 2.24) is 4.98 Å². The van der Waals surface area contributed by atoms with Crippen LogP contribution in [0.25, 0.3) is 0 Å². The Morgan fingerprint density at radius 2 is 2.45 bits per heavy atom. The van der Waals surface area contributed by atoms with Gasteiger partial charge in [0.2, 0.25) is 0 Å². The molecule has 0 atom stereocenters. The Morgan fingerprint density at radius 3 is 2.91 bits per heavy atom. The van der Waals surface area contributed by atoms with Crippen LogP contribution in [0, 0.1) is 0 Å². The molecule has 0 radical (unpaired) electrons. The van der Waals surface area contributed by atoms with E-state index < -0.39 is 0 Å². The van der Waals surface area contributed by atoms with Crippen molar-refractivity contribution < 1.29 is 0 Å². The van der Waals surface area contributed by atoms with Crippen molar-refractivity contribution in [2.24, 2.45) is 0 Å². The van der Waals surface area contributed by atoms with Gasteiger partial charge in [-0.3, -0.25) is 0 Å². The molecule has 1 aliphatic rings. The summed E-state index contributed by atoms with van der Waals surface area (Å²) in [5, 5.41) is 3.35. The van der Waals surface area contributed by atoms with E-state index >= 15 is 0 Å². The van der Waals surface area contributed by atoms with Gasteiger partial charge in [-0.15, -0.1) is 11.3 Å². The molecule has 0 unspecified atom stereocenters. The molecule has 1 aromatic heterocycles. The van der Waals surface area contributed by atoms with Crippen molar-refractivity contribution in [1.29, 1.82) is 0 Å². The van der Waals surface area contributed by atoms with E-state index in [0.29, 0.717) is 0 Å². The van der Waals surface area contributed by atoms with E-state index in [9.17, 15) is 0 Å². The van der Waals surface area contributed by atoms with Gasteiger partial charge >= 0.3 is 0 Å². The zero-order valence-corrected chi connectivity index (χ0v) is 8.00. The average Bonchev–Trinajstić information content (AvgIpc) is 2.32. The summed E-state index contributed by atoms with van der Waals surface area (Å²) in [6, 6.07) is 0. The van der Waals surface area contributed by atoms with Crippen molar-refractivity contribution in [3.05, 3.63) is 16.1 Å². The van der Waals surface area contributed by atoms with Gasteiger partial charge in [0.05, 0.1) is 5.69 Å². The third-order valence-corrected chi connectivity index (χ3v) is 3.61. The smallest absolute Gasteiger partial charge is 0.102 e. The van der Waals surface area contributed by atoms with Gasteiger partial charge in [0.25, 0.3) is 0 Å². The molecule has 0 saturated heterocycles. The molecule has 1 nitrogen and oxygen atoms in total. The number of nitrogens with zero attached hydrogens (tertiary/aromatic N) is 1. The summed E-state index contributed by atoms with van der Waals surface area (Å²) < 4.78 is 0. The standard InChI is InChI=1S/C8H11NS2/c10-4-8-9-7(5-11-8)6-2-1-3-6/h5-6,10H,1-4H2. The molecule has 0 amide bonds. The van der Waals surface area contributed by atoms with Gasteiger partial charge in [-0.2, -0.15) is 12.6 Å². The highest BCUT2D eigenvalue weighted by Gasteiger charge is 2.21. The second-order valence-corrected chi connectivity index (χ2v) is 4.21. The number of aromatic nitrogens is 1. The summed E-state index contributed by atoms with van der Waals surface area (Å²) in [5.74, 6) is 1.57. The highest BCUT2D eigenvalue weighted by Crippen LogP contribution is 2.36. The van der Waals surface area contributed by atoms with Crippen LogP contribution in [0.2, 0.25) is 0 Å². The summed E-state index contributed by atoms with van der Waals surface area (Å²) in [6.07, 6.45) is 4.07. The first kappa shape index (κ1) is 7.62. The van der Waals surface area contributed by atoms with Gasteiger partial charge in [-0.1, -0.05) is 6.42 Å². The normalized spacial score (nSPS) is 18.3. The van der Waals surface area contributed by atoms with Crippen LogP contribution in [0.5, 0.6) is 0 Å². The molecule has 3 heteroatoms. The van der Waals surface area contributed by atoms with Gasteiger partial charge in [-0.25, -0.2) is 4.98 Å². The van der Waals surface area contributed by atoms with E-state index in [0.717, 1.165) is 16.7 Å². The van der Waals surface area contributed by atoms with Crippen molar-refractivity contribution in [2.75, 3.05) is 0 Å². The Balaban J connectivity index is 2.11. The Bertz CT molecular complexity index is 240. The molecule has 0 N–H and O–H groups in total. The maximum atomic E-state index is 4.49. The van der Waals surface area contributed by atoms with Crippen molar-refractivity contribution >= 4 is 24.0 Å². The van der Waals surface area contributed by atoms with Crippen LogP contribution in [0.1, 0.15) is 35.9 Å². The molecule has 1 aromatic rings. The SMILES string of the molecule is SCc1nc(C2CCC2)cs1. The molecule has 1 aliphatic carbocycles. The minimum absolute atomic E-state index is 0.778. The summed E-state index contributed by atoms with van der Waals surface area (Å²) in [6.45, 7) is 0. The molecule has 1 heterocycles. The highest BCUT2D eigenvalue weighted by atomic mass is 32.1. The molecule has 0 aromatic carbocycles. The highest BCUT2D eigenvalue weighted by molar-refractivity contribution is 7.79. The van der Waals surface area contributed by atoms with E-state index in [1.165, 1.54) is 25.0 Å². The fourth-order valence-electron chi connectivity index (χ4n) is 1.29. The van der Waals surface area contributed by atoms with E-state index in [1.54, 1.807) is 11.3 Å². The second-order valence-electron chi connectivity index (χ2n) is 2.95. The Kier molecular flexibility index (Phi) is 2.18. The molecule has 1 saturated carbocycles. The molecule has 11 heavy (non-hydrogen) atoms. The molecular weight excluding hydrogens is 174 g/mol. The Hall–Kier alpha value is -0.0200. The first-order valence-corrected chi connectivity index (χ1v) is 5.46. The molecular formula is C8H11NS2. The fourth-order valence-corrected chi connectivity index (χ4v) is 2.32. The van der Waals surface area contributed by atoms with Crippen LogP contribution in [-0.4, -0.2) is 4.98 Å².